The molecule has 68 valence electrons. The highest BCUT2D eigenvalue weighted by atomic mass is 32.1. The molecule has 2 aromatic rings. The van der Waals surface area contributed by atoms with Crippen LogP contribution < -0.4 is 11.1 Å². The van der Waals surface area contributed by atoms with Crippen molar-refractivity contribution < 1.29 is 4.79 Å². The number of aromatic nitrogens is 2. The van der Waals surface area contributed by atoms with Crippen LogP contribution >= 0.6 is 11.3 Å². The second-order valence-corrected chi connectivity index (χ2v) is 3.43. The van der Waals surface area contributed by atoms with E-state index in [1.807, 2.05) is 16.0 Å². The Balaban J connectivity index is 2.23. The molecule has 6 heteroatoms. The van der Waals surface area contributed by atoms with Crippen LogP contribution in [0, 0.1) is 0 Å². The molecular formula is C7H8N4OS. The van der Waals surface area contributed by atoms with Crippen molar-refractivity contribution >= 4 is 22.2 Å². The number of primary amides is 1. The molecule has 0 aromatic carbocycles. The largest absolute Gasteiger partial charge is 0.352 e. The quantitative estimate of drug-likeness (QED) is 0.736. The Morgan fingerprint density at radius 3 is 3.38 bits per heavy atom. The minimum Gasteiger partial charge on any atom is -0.352 e. The van der Waals surface area contributed by atoms with Gasteiger partial charge in [-0.25, -0.2) is 9.78 Å². The summed E-state index contributed by atoms with van der Waals surface area (Å²) >= 11 is 1.60. The molecule has 0 bridgehead atoms. The third kappa shape index (κ3) is 1.48. The molecule has 0 aliphatic carbocycles. The highest BCUT2D eigenvalue weighted by Gasteiger charge is 2.03. The number of amides is 2. The van der Waals surface area contributed by atoms with Gasteiger partial charge in [0.1, 0.15) is 10.7 Å². The zero-order valence-electron chi connectivity index (χ0n) is 6.73. The van der Waals surface area contributed by atoms with Crippen LogP contribution in [0.4, 0.5) is 4.79 Å². The number of hydrogen-bond donors (Lipinski definition) is 2. The van der Waals surface area contributed by atoms with Crippen molar-refractivity contribution in [2.75, 3.05) is 0 Å². The smallest absolute Gasteiger partial charge is 0.312 e. The van der Waals surface area contributed by atoms with Gasteiger partial charge < -0.3 is 11.1 Å². The molecule has 0 aliphatic heterocycles. The Hall–Kier alpha value is -1.56. The Bertz CT molecular complexity index is 432. The first-order valence-corrected chi connectivity index (χ1v) is 4.58. The summed E-state index contributed by atoms with van der Waals surface area (Å²) in [6.07, 6.45) is 3.67. The minimum absolute atomic E-state index is 0.361. The van der Waals surface area contributed by atoms with E-state index in [1.165, 1.54) is 0 Å². The second kappa shape index (κ2) is 3.06. The molecule has 0 spiro atoms. The summed E-state index contributed by atoms with van der Waals surface area (Å²) < 4.78 is 1.92. The standard InChI is InChI=1S/C7H8N4OS/c8-7(12)10-3-5-9-4-6-11(5)1-2-13-6/h1-2,4H,3H2,(H3,8,10,12). The number of nitrogens with zero attached hydrogens (tertiary/aromatic N) is 2. The summed E-state index contributed by atoms with van der Waals surface area (Å²) in [4.78, 5) is 15.6. The SMILES string of the molecule is NC(=O)NCc1ncc2sccn12. The van der Waals surface area contributed by atoms with E-state index >= 15 is 0 Å². The predicted molar refractivity (Wildman–Crippen MR) is 49.5 cm³/mol. The van der Waals surface area contributed by atoms with Gasteiger partial charge in [0.25, 0.3) is 0 Å². The lowest BCUT2D eigenvalue weighted by Gasteiger charge is -1.98. The van der Waals surface area contributed by atoms with E-state index in [0.29, 0.717) is 6.54 Å². The summed E-state index contributed by atoms with van der Waals surface area (Å²) in [5.41, 5.74) is 4.94. The first-order valence-electron chi connectivity index (χ1n) is 3.70. The average Bonchev–Trinajstić information content (AvgIpc) is 2.60. The molecule has 0 radical (unpaired) electrons. The maximum absolute atomic E-state index is 10.4. The first kappa shape index (κ1) is 8.06. The number of thiazole rings is 1. The topological polar surface area (TPSA) is 72.4 Å². The lowest BCUT2D eigenvalue weighted by molar-refractivity contribution is 0.248. The fraction of sp³-hybridized carbons (Fsp3) is 0.143. The van der Waals surface area contributed by atoms with Crippen molar-refractivity contribution in [3.63, 3.8) is 0 Å². The van der Waals surface area contributed by atoms with Crippen LogP contribution in [0.1, 0.15) is 5.82 Å². The summed E-state index contributed by atoms with van der Waals surface area (Å²) in [6.45, 7) is 0.361. The van der Waals surface area contributed by atoms with Gasteiger partial charge in [0.2, 0.25) is 0 Å². The van der Waals surface area contributed by atoms with Crippen molar-refractivity contribution in [1.82, 2.24) is 14.7 Å². The maximum atomic E-state index is 10.4. The first-order chi connectivity index (χ1) is 6.27. The molecule has 0 unspecified atom stereocenters. The number of hydrogen-bond acceptors (Lipinski definition) is 3. The summed E-state index contributed by atoms with van der Waals surface area (Å²) in [7, 11) is 0. The van der Waals surface area contributed by atoms with Crippen LogP contribution in [0.15, 0.2) is 17.8 Å². The maximum Gasteiger partial charge on any atom is 0.312 e. The fourth-order valence-electron chi connectivity index (χ4n) is 1.09. The fourth-order valence-corrected chi connectivity index (χ4v) is 1.80. The van der Waals surface area contributed by atoms with E-state index in [9.17, 15) is 4.79 Å². The van der Waals surface area contributed by atoms with Crippen LogP contribution in [0.5, 0.6) is 0 Å². The molecular weight excluding hydrogens is 188 g/mol. The number of carbonyl (C=O) groups is 1. The molecule has 5 nitrogen and oxygen atoms in total. The molecule has 0 fully saturated rings. The summed E-state index contributed by atoms with van der Waals surface area (Å²) in [5, 5.41) is 4.45. The van der Waals surface area contributed by atoms with Crippen LogP contribution in [-0.4, -0.2) is 15.4 Å². The Kier molecular flexibility index (Phi) is 1.90. The number of fused-ring (bicyclic) bond motifs is 1. The molecule has 3 N–H and O–H groups in total. The zero-order valence-corrected chi connectivity index (χ0v) is 7.54. The normalized spacial score (nSPS) is 10.5. The van der Waals surface area contributed by atoms with Gasteiger partial charge in [0.15, 0.2) is 0 Å². The van der Waals surface area contributed by atoms with Gasteiger partial charge in [0.05, 0.1) is 12.7 Å². The van der Waals surface area contributed by atoms with Crippen molar-refractivity contribution in [3.05, 3.63) is 23.6 Å². The number of imidazole rings is 1. The van der Waals surface area contributed by atoms with Gasteiger partial charge >= 0.3 is 6.03 Å². The third-order valence-electron chi connectivity index (χ3n) is 1.66. The van der Waals surface area contributed by atoms with Crippen molar-refractivity contribution in [3.8, 4) is 0 Å². The van der Waals surface area contributed by atoms with E-state index in [4.69, 9.17) is 5.73 Å². The van der Waals surface area contributed by atoms with Crippen LogP contribution in [0.3, 0.4) is 0 Å². The molecule has 2 amide bonds. The molecule has 2 heterocycles. The van der Waals surface area contributed by atoms with Crippen LogP contribution in [-0.2, 0) is 6.54 Å². The number of urea groups is 1. The average molecular weight is 196 g/mol. The highest BCUT2D eigenvalue weighted by Crippen LogP contribution is 2.12. The zero-order chi connectivity index (χ0) is 9.26. The lowest BCUT2D eigenvalue weighted by Crippen LogP contribution is -2.29. The Morgan fingerprint density at radius 1 is 1.77 bits per heavy atom. The van der Waals surface area contributed by atoms with Gasteiger partial charge in [-0.05, 0) is 0 Å². The van der Waals surface area contributed by atoms with E-state index in [-0.39, 0.29) is 0 Å². The highest BCUT2D eigenvalue weighted by molar-refractivity contribution is 7.15. The monoisotopic (exact) mass is 196 g/mol. The van der Waals surface area contributed by atoms with Gasteiger partial charge in [-0.15, -0.1) is 11.3 Å². The third-order valence-corrected chi connectivity index (χ3v) is 2.46. The van der Waals surface area contributed by atoms with Crippen LogP contribution in [0.2, 0.25) is 0 Å². The van der Waals surface area contributed by atoms with Crippen molar-refractivity contribution in [1.29, 1.82) is 0 Å². The number of nitrogens with one attached hydrogen (secondary N) is 1. The number of rotatable bonds is 2. The van der Waals surface area contributed by atoms with Gasteiger partial charge in [0, 0.05) is 11.6 Å². The molecule has 13 heavy (non-hydrogen) atoms. The molecule has 0 atom stereocenters. The van der Waals surface area contributed by atoms with E-state index in [0.717, 1.165) is 10.7 Å². The minimum atomic E-state index is -0.535. The number of carbonyl (C=O) groups excluding carboxylic acids is 1. The predicted octanol–water partition coefficient (Wildman–Crippen LogP) is 0.564. The molecule has 0 saturated carbocycles. The second-order valence-electron chi connectivity index (χ2n) is 2.50. The van der Waals surface area contributed by atoms with Crippen molar-refractivity contribution in [2.24, 2.45) is 5.73 Å². The molecule has 2 aromatic heterocycles. The van der Waals surface area contributed by atoms with E-state index < -0.39 is 6.03 Å². The lowest BCUT2D eigenvalue weighted by atomic mass is 10.6. The Labute approximate surface area is 78.2 Å². The summed E-state index contributed by atoms with van der Waals surface area (Å²) in [5.74, 6) is 0.787. The summed E-state index contributed by atoms with van der Waals surface area (Å²) in [6, 6.07) is -0.535. The number of nitrogens with two attached hydrogens (primary N) is 1. The van der Waals surface area contributed by atoms with Gasteiger partial charge in [-0.1, -0.05) is 0 Å². The molecule has 2 rings (SSSR count). The van der Waals surface area contributed by atoms with Gasteiger partial charge in [-0.2, -0.15) is 0 Å². The molecule has 0 aliphatic rings. The molecule has 0 saturated heterocycles. The van der Waals surface area contributed by atoms with E-state index in [1.54, 1.807) is 17.5 Å². The Morgan fingerprint density at radius 2 is 2.62 bits per heavy atom. The van der Waals surface area contributed by atoms with E-state index in [2.05, 4.69) is 10.3 Å². The van der Waals surface area contributed by atoms with Crippen molar-refractivity contribution in [2.45, 2.75) is 6.54 Å². The van der Waals surface area contributed by atoms with Crippen LogP contribution in [0.25, 0.3) is 4.83 Å². The van der Waals surface area contributed by atoms with Gasteiger partial charge in [-0.3, -0.25) is 4.40 Å².